The molecule has 0 heteroatoms. The van der Waals surface area contributed by atoms with Crippen LogP contribution >= 0.6 is 0 Å². The summed E-state index contributed by atoms with van der Waals surface area (Å²) < 4.78 is 0. The van der Waals surface area contributed by atoms with Crippen molar-refractivity contribution < 1.29 is 0 Å². The summed E-state index contributed by atoms with van der Waals surface area (Å²) in [5.41, 5.74) is 2.50. The second-order valence-electron chi connectivity index (χ2n) is 4.42. The molecule has 0 bridgehead atoms. The Bertz CT molecular complexity index is 541. The Kier molecular flexibility index (Phi) is 8.81. The van der Waals surface area contributed by atoms with Crippen molar-refractivity contribution in [2.24, 2.45) is 0 Å². The van der Waals surface area contributed by atoms with E-state index in [9.17, 15) is 0 Å². The topological polar surface area (TPSA) is 0 Å². The molecule has 0 unspecified atom stereocenters. The molecule has 0 spiro atoms. The fourth-order valence-corrected chi connectivity index (χ4v) is 1.51. The minimum atomic E-state index is 1.17. The maximum Gasteiger partial charge on any atom is -0.0263 e. The number of aryl methyl sites for hydroxylation is 1. The van der Waals surface area contributed by atoms with Gasteiger partial charge in [0.2, 0.25) is 0 Å². The van der Waals surface area contributed by atoms with Crippen LogP contribution in [0.25, 0.3) is 6.08 Å². The van der Waals surface area contributed by atoms with E-state index in [1.54, 1.807) is 0 Å². The zero-order valence-corrected chi connectivity index (χ0v) is 12.5. The summed E-state index contributed by atoms with van der Waals surface area (Å²) in [5.74, 6) is 0. The first kappa shape index (κ1) is 16.5. The van der Waals surface area contributed by atoms with Crippen LogP contribution < -0.4 is 0 Å². The zero-order chi connectivity index (χ0) is 15.2. The van der Waals surface area contributed by atoms with Gasteiger partial charge in [0.25, 0.3) is 0 Å². The van der Waals surface area contributed by atoms with Crippen molar-refractivity contribution >= 4 is 6.08 Å². The van der Waals surface area contributed by atoms with E-state index < -0.39 is 0 Å². The molecule has 0 aliphatic carbocycles. The van der Waals surface area contributed by atoms with Crippen LogP contribution in [0.3, 0.4) is 0 Å². The van der Waals surface area contributed by atoms with Gasteiger partial charge in [-0.3, -0.25) is 0 Å². The van der Waals surface area contributed by atoms with Crippen LogP contribution in [0.1, 0.15) is 11.1 Å². The smallest absolute Gasteiger partial charge is 0.0263 e. The van der Waals surface area contributed by atoms with Gasteiger partial charge in [0, 0.05) is 0 Å². The van der Waals surface area contributed by atoms with Crippen molar-refractivity contribution in [1.82, 2.24) is 0 Å². The summed E-state index contributed by atoms with van der Waals surface area (Å²) in [6.45, 7) is 5.71. The van der Waals surface area contributed by atoms with Gasteiger partial charge in [-0.15, -0.1) is 0 Å². The molecule has 3 rings (SSSR count). The monoisotopic (exact) mass is 274 g/mol. The second-order valence-corrected chi connectivity index (χ2v) is 4.42. The highest BCUT2D eigenvalue weighted by Gasteiger charge is 1.75. The van der Waals surface area contributed by atoms with Crippen molar-refractivity contribution in [3.63, 3.8) is 0 Å². The van der Waals surface area contributed by atoms with E-state index in [0.29, 0.717) is 0 Å². The van der Waals surface area contributed by atoms with E-state index in [2.05, 4.69) is 25.6 Å². The van der Waals surface area contributed by atoms with Gasteiger partial charge < -0.3 is 0 Å². The summed E-state index contributed by atoms with van der Waals surface area (Å²) in [5, 5.41) is 0. The first-order valence-corrected chi connectivity index (χ1v) is 7.02. The Morgan fingerprint density at radius 1 is 0.571 bits per heavy atom. The fraction of sp³-hybridized carbons (Fsp3) is 0.0476. The second kappa shape index (κ2) is 11.2. The maximum absolute atomic E-state index is 3.63. The molecule has 0 heterocycles. The summed E-state index contributed by atoms with van der Waals surface area (Å²) in [7, 11) is 0. The van der Waals surface area contributed by atoms with Crippen molar-refractivity contribution in [2.45, 2.75) is 6.92 Å². The molecule has 0 radical (unpaired) electrons. The van der Waals surface area contributed by atoms with E-state index in [1.807, 2.05) is 91.0 Å². The lowest BCUT2D eigenvalue weighted by Crippen LogP contribution is -1.63. The highest BCUT2D eigenvalue weighted by Crippen LogP contribution is 1.97. The van der Waals surface area contributed by atoms with E-state index in [-0.39, 0.29) is 0 Å². The number of hydrogen-bond acceptors (Lipinski definition) is 0. The molecule has 0 amide bonds. The predicted octanol–water partition coefficient (Wildman–Crippen LogP) is 6.01. The Morgan fingerprint density at radius 2 is 0.905 bits per heavy atom. The van der Waals surface area contributed by atoms with Crippen molar-refractivity contribution in [3.8, 4) is 0 Å². The molecular weight excluding hydrogens is 252 g/mol. The summed E-state index contributed by atoms with van der Waals surface area (Å²) in [4.78, 5) is 0. The Labute approximate surface area is 128 Å². The third-order valence-electron chi connectivity index (χ3n) is 2.64. The van der Waals surface area contributed by atoms with E-state index in [4.69, 9.17) is 0 Å². The zero-order valence-electron chi connectivity index (χ0n) is 12.5. The van der Waals surface area contributed by atoms with Crippen LogP contribution in [-0.2, 0) is 0 Å². The normalized spacial score (nSPS) is 8.43. The lowest BCUT2D eigenvalue weighted by molar-refractivity contribution is 1.48. The Hall–Kier alpha value is -2.60. The molecule has 0 aromatic heterocycles. The summed E-state index contributed by atoms with van der Waals surface area (Å²) in [6, 6.07) is 32.3. The van der Waals surface area contributed by atoms with Crippen LogP contribution in [0.5, 0.6) is 0 Å². The SMILES string of the molecule is C=Cc1ccccc1.Cc1ccccc1.c1ccccc1. The minimum Gasteiger partial charge on any atom is -0.0985 e. The molecule has 3 aromatic rings. The van der Waals surface area contributed by atoms with Gasteiger partial charge in [0.05, 0.1) is 0 Å². The average molecular weight is 274 g/mol. The number of hydrogen-bond donors (Lipinski definition) is 0. The molecule has 0 nitrogen and oxygen atoms in total. The largest absolute Gasteiger partial charge is 0.0985 e. The van der Waals surface area contributed by atoms with Crippen LogP contribution in [-0.4, -0.2) is 0 Å². The third-order valence-corrected chi connectivity index (χ3v) is 2.64. The van der Waals surface area contributed by atoms with Crippen molar-refractivity contribution in [1.29, 1.82) is 0 Å². The van der Waals surface area contributed by atoms with Gasteiger partial charge in [-0.1, -0.05) is 115 Å². The van der Waals surface area contributed by atoms with Crippen molar-refractivity contribution in [3.05, 3.63) is 115 Å². The van der Waals surface area contributed by atoms with Gasteiger partial charge >= 0.3 is 0 Å². The molecule has 3 aromatic carbocycles. The third kappa shape index (κ3) is 9.01. The molecule has 0 aliphatic heterocycles. The number of rotatable bonds is 1. The Balaban J connectivity index is 0.000000159. The molecule has 0 fully saturated rings. The van der Waals surface area contributed by atoms with Crippen LogP contribution in [0.15, 0.2) is 104 Å². The van der Waals surface area contributed by atoms with Gasteiger partial charge in [-0.2, -0.15) is 0 Å². The maximum atomic E-state index is 3.63. The summed E-state index contributed by atoms with van der Waals surface area (Å²) in [6.07, 6.45) is 1.83. The lowest BCUT2D eigenvalue weighted by Gasteiger charge is -1.85. The average Bonchev–Trinajstić information content (AvgIpc) is 2.59. The Morgan fingerprint density at radius 3 is 1.14 bits per heavy atom. The molecule has 0 aliphatic rings. The summed E-state index contributed by atoms with van der Waals surface area (Å²) >= 11 is 0. The van der Waals surface area contributed by atoms with E-state index in [0.717, 1.165) is 0 Å². The highest BCUT2D eigenvalue weighted by molar-refractivity contribution is 5.45. The first-order chi connectivity index (χ1) is 10.3. The van der Waals surface area contributed by atoms with Gasteiger partial charge in [-0.05, 0) is 12.5 Å². The van der Waals surface area contributed by atoms with Crippen LogP contribution in [0.2, 0.25) is 0 Å². The molecule has 0 saturated heterocycles. The minimum absolute atomic E-state index is 1.17. The van der Waals surface area contributed by atoms with E-state index >= 15 is 0 Å². The molecule has 0 atom stereocenters. The van der Waals surface area contributed by atoms with Crippen molar-refractivity contribution in [2.75, 3.05) is 0 Å². The first-order valence-electron chi connectivity index (χ1n) is 7.02. The van der Waals surface area contributed by atoms with Crippen LogP contribution in [0, 0.1) is 6.92 Å². The van der Waals surface area contributed by atoms with E-state index in [1.165, 1.54) is 11.1 Å². The number of benzene rings is 3. The van der Waals surface area contributed by atoms with Gasteiger partial charge in [0.1, 0.15) is 0 Å². The fourth-order valence-electron chi connectivity index (χ4n) is 1.51. The molecule has 21 heavy (non-hydrogen) atoms. The van der Waals surface area contributed by atoms with Gasteiger partial charge in [0.15, 0.2) is 0 Å². The lowest BCUT2D eigenvalue weighted by atomic mass is 10.2. The quantitative estimate of drug-likeness (QED) is 0.509. The molecular formula is C21H22. The standard InChI is InChI=1S/C8H8.C7H8.C6H6/c1-2-8-6-4-3-5-7-8;1-7-5-3-2-4-6-7;1-2-4-6-5-3-1/h2-7H,1H2;2-6H,1H3;1-6H. The molecule has 0 saturated carbocycles. The predicted molar refractivity (Wildman–Crippen MR) is 94.2 cm³/mol. The molecule has 0 N–H and O–H groups in total. The van der Waals surface area contributed by atoms with Crippen LogP contribution in [0.4, 0.5) is 0 Å². The van der Waals surface area contributed by atoms with Gasteiger partial charge in [-0.25, -0.2) is 0 Å². The highest BCUT2D eigenvalue weighted by atomic mass is 13.8. The molecule has 106 valence electrons.